The number of halogens is 6. The number of para-hydroxylation sites is 1. The number of rotatable bonds is 14. The summed E-state index contributed by atoms with van der Waals surface area (Å²) in [6.07, 6.45) is -7.93. The molecule has 3 N–H and O–H groups in total. The van der Waals surface area contributed by atoms with Crippen LogP contribution in [-0.2, 0) is 27.5 Å². The fourth-order valence-corrected chi connectivity index (χ4v) is 8.10. The molecule has 1 amide bonds. The molecule has 5 rings (SSSR count). The summed E-state index contributed by atoms with van der Waals surface area (Å²) in [4.78, 5) is 31.4. The number of nitrogens with zero attached hydrogens (tertiary/aromatic N) is 3. The van der Waals surface area contributed by atoms with Crippen molar-refractivity contribution in [1.29, 1.82) is 0 Å². The van der Waals surface area contributed by atoms with Crippen LogP contribution in [0.2, 0.25) is 0 Å². The van der Waals surface area contributed by atoms with Gasteiger partial charge in [-0.05, 0) is 57.1 Å². The Morgan fingerprint density at radius 1 is 1.04 bits per heavy atom. The van der Waals surface area contributed by atoms with Crippen molar-refractivity contribution in [3.05, 3.63) is 75.7 Å². The smallest absolute Gasteiger partial charge is 0.425 e. The number of piperidine rings is 2. The van der Waals surface area contributed by atoms with Crippen LogP contribution in [0.4, 0.5) is 26.3 Å². The van der Waals surface area contributed by atoms with E-state index in [1.54, 1.807) is 31.2 Å². The number of amides is 1. The Labute approximate surface area is 312 Å². The van der Waals surface area contributed by atoms with Gasteiger partial charge in [0.1, 0.15) is 22.6 Å². The maximum Gasteiger partial charge on any atom is 0.425 e. The molecule has 2 aromatic heterocycles. The van der Waals surface area contributed by atoms with Gasteiger partial charge in [-0.1, -0.05) is 31.5 Å². The largest absolute Gasteiger partial charge is 0.493 e. The van der Waals surface area contributed by atoms with Gasteiger partial charge in [-0.3, -0.25) is 19.5 Å². The minimum absolute atomic E-state index is 0.00456. The molecule has 10 nitrogen and oxygen atoms in total. The van der Waals surface area contributed by atoms with E-state index in [2.05, 4.69) is 4.98 Å². The number of carboxylic acid groups (broad SMARTS) is 1. The number of carbonyl (C=O) groups excluding carboxylic acids is 1. The number of carboxylic acids is 1. The van der Waals surface area contributed by atoms with E-state index in [1.165, 1.54) is 9.80 Å². The van der Waals surface area contributed by atoms with Gasteiger partial charge in [-0.25, -0.2) is 0 Å². The molecule has 2 fully saturated rings. The van der Waals surface area contributed by atoms with Crippen molar-refractivity contribution >= 4 is 23.2 Å². The van der Waals surface area contributed by atoms with E-state index in [4.69, 9.17) is 14.6 Å². The number of aliphatic hydroxyl groups is 2. The monoisotopic (exact) mass is 787 g/mol. The number of likely N-dealkylation sites (tertiary alicyclic amines) is 2. The Morgan fingerprint density at radius 2 is 1.76 bits per heavy atom. The Balaban J connectivity index is 1.45. The molecule has 296 valence electrons. The highest BCUT2D eigenvalue weighted by Crippen LogP contribution is 2.46. The predicted molar refractivity (Wildman–Crippen MR) is 185 cm³/mol. The quantitative estimate of drug-likeness (QED) is 0.113. The van der Waals surface area contributed by atoms with Crippen LogP contribution in [0, 0.1) is 0 Å². The van der Waals surface area contributed by atoms with Gasteiger partial charge >= 0.3 is 18.3 Å². The lowest BCUT2D eigenvalue weighted by molar-refractivity contribution is -0.176. The van der Waals surface area contributed by atoms with E-state index in [-0.39, 0.29) is 70.5 Å². The van der Waals surface area contributed by atoms with Crippen LogP contribution in [-0.4, -0.2) is 79.9 Å². The normalized spacial score (nSPS) is 21.4. The molecule has 0 saturated carbocycles. The molecule has 1 aromatic carbocycles. The Hall–Kier alpha value is -3.93. The van der Waals surface area contributed by atoms with Gasteiger partial charge in [0, 0.05) is 61.0 Å². The number of aliphatic carboxylic acids is 1. The first-order chi connectivity index (χ1) is 25.5. The molecule has 0 radical (unpaired) electrons. The lowest BCUT2D eigenvalue weighted by atomic mass is 9.78. The number of carbonyl (C=O) groups is 2. The molecule has 3 aromatic rings. The maximum atomic E-state index is 14.9. The van der Waals surface area contributed by atoms with Gasteiger partial charge in [0.2, 0.25) is 5.60 Å². The molecule has 0 aliphatic carbocycles. The fraction of sp³-hybridized carbons (Fsp3) is 0.541. The van der Waals surface area contributed by atoms with Gasteiger partial charge in [0.05, 0.1) is 23.8 Å². The average Bonchev–Trinajstić information content (AvgIpc) is 3.61. The zero-order valence-corrected chi connectivity index (χ0v) is 30.4. The molecule has 3 atom stereocenters. The second-order valence-electron chi connectivity index (χ2n) is 13.6. The van der Waals surface area contributed by atoms with Crippen molar-refractivity contribution in [3.63, 3.8) is 0 Å². The number of aliphatic hydroxyl groups excluding tert-OH is 1. The van der Waals surface area contributed by atoms with Gasteiger partial charge in [-0.15, -0.1) is 11.3 Å². The summed E-state index contributed by atoms with van der Waals surface area (Å²) in [5.41, 5.74) is -4.53. The summed E-state index contributed by atoms with van der Waals surface area (Å²) < 4.78 is 95.5. The van der Waals surface area contributed by atoms with E-state index in [0.717, 1.165) is 29.9 Å². The van der Waals surface area contributed by atoms with Crippen LogP contribution >= 0.6 is 11.3 Å². The molecule has 2 saturated heterocycles. The lowest BCUT2D eigenvalue weighted by Gasteiger charge is -2.52. The van der Waals surface area contributed by atoms with Crippen molar-refractivity contribution in [2.24, 2.45) is 0 Å². The molecular weight excluding hydrogens is 744 g/mol. The highest BCUT2D eigenvalue weighted by molar-refractivity contribution is 7.10. The highest BCUT2D eigenvalue weighted by Gasteiger charge is 2.56. The predicted octanol–water partition coefficient (Wildman–Crippen LogP) is 7.40. The minimum atomic E-state index is -4.84. The van der Waals surface area contributed by atoms with E-state index < -0.39 is 63.7 Å². The van der Waals surface area contributed by atoms with Crippen LogP contribution in [0.1, 0.15) is 92.5 Å². The molecule has 54 heavy (non-hydrogen) atoms. The average molecular weight is 788 g/mol. The summed E-state index contributed by atoms with van der Waals surface area (Å²) in [7, 11) is 0. The molecule has 2 aliphatic heterocycles. The zero-order valence-electron chi connectivity index (χ0n) is 29.5. The second-order valence-corrected chi connectivity index (χ2v) is 14.5. The number of ether oxygens (including phenoxy) is 2. The topological polar surface area (TPSA) is 133 Å². The highest BCUT2D eigenvalue weighted by atomic mass is 32.1. The summed E-state index contributed by atoms with van der Waals surface area (Å²) in [6, 6.07) is 7.30. The van der Waals surface area contributed by atoms with Crippen LogP contribution < -0.4 is 9.47 Å². The van der Waals surface area contributed by atoms with Crippen molar-refractivity contribution < 1.29 is 60.7 Å². The van der Waals surface area contributed by atoms with E-state index in [0.29, 0.717) is 41.9 Å². The molecule has 17 heteroatoms. The van der Waals surface area contributed by atoms with Crippen molar-refractivity contribution in [1.82, 2.24) is 14.8 Å². The van der Waals surface area contributed by atoms with Gasteiger partial charge < -0.3 is 29.7 Å². The number of thiophene rings is 1. The first-order valence-corrected chi connectivity index (χ1v) is 18.6. The van der Waals surface area contributed by atoms with Crippen LogP contribution in [0.15, 0.2) is 54.2 Å². The molecule has 2 aliphatic rings. The van der Waals surface area contributed by atoms with Crippen LogP contribution in [0.5, 0.6) is 11.5 Å². The first-order valence-electron chi connectivity index (χ1n) is 17.8. The molecule has 0 bridgehead atoms. The number of unbranched alkanes of at least 4 members (excludes halogenated alkanes) is 1. The van der Waals surface area contributed by atoms with Crippen LogP contribution in [0.25, 0.3) is 0 Å². The number of benzene rings is 1. The van der Waals surface area contributed by atoms with Gasteiger partial charge in [0.15, 0.2) is 0 Å². The number of aromatic nitrogens is 1. The third-order valence-corrected chi connectivity index (χ3v) is 11.0. The van der Waals surface area contributed by atoms with E-state index >= 15 is 0 Å². The molecular formula is C37H43F6N3O7S. The van der Waals surface area contributed by atoms with Gasteiger partial charge in [0.25, 0.3) is 5.91 Å². The number of hydrogen-bond acceptors (Lipinski definition) is 9. The van der Waals surface area contributed by atoms with E-state index in [9.17, 15) is 46.1 Å². The SMILES string of the molecule is CCCC1N(C(O)c2cnccc2C(F)(F)F)CCCC1(Oc1csc(C(F)(F)F)c1)C(=O)N1CCC(O)(c2ccccc2OCCCCC(=O)O)CC1. The summed E-state index contributed by atoms with van der Waals surface area (Å²) in [5, 5.41) is 33.5. The third kappa shape index (κ3) is 9.12. The summed E-state index contributed by atoms with van der Waals surface area (Å²) >= 11 is 0.380. The third-order valence-electron chi connectivity index (χ3n) is 10.0. The van der Waals surface area contributed by atoms with Crippen LogP contribution in [0.3, 0.4) is 0 Å². The Morgan fingerprint density at radius 3 is 2.41 bits per heavy atom. The van der Waals surface area contributed by atoms with E-state index in [1.807, 2.05) is 0 Å². The molecule has 3 unspecified atom stereocenters. The number of alkyl halides is 6. The Bertz CT molecular complexity index is 1750. The molecule has 0 spiro atoms. The second kappa shape index (κ2) is 16.8. The maximum absolute atomic E-state index is 14.9. The molecule has 4 heterocycles. The minimum Gasteiger partial charge on any atom is -0.493 e. The fourth-order valence-electron chi connectivity index (χ4n) is 7.43. The zero-order chi connectivity index (χ0) is 39.3. The Kier molecular flexibility index (Phi) is 12.9. The summed E-state index contributed by atoms with van der Waals surface area (Å²) in [5.74, 6) is -1.37. The number of pyridine rings is 1. The lowest BCUT2D eigenvalue weighted by Crippen LogP contribution is -2.68. The summed E-state index contributed by atoms with van der Waals surface area (Å²) in [6.45, 7) is 2.04. The number of hydrogen-bond donors (Lipinski definition) is 3. The standard InChI is InChI=1S/C37H43F6N3O7S/c1-2-8-29-35(53-24-21-30(54-23-24)37(41,42)43,13-7-17-46(29)32(49)25-22-44-16-12-26(25)36(38,39)40)33(50)45-18-14-34(51,15-19-45)27-9-3-4-10-28(27)52-20-6-5-11-31(47)48/h3-4,9-10,12,16,21-23,29,32,49,51H,2,5-8,11,13-15,17-20H2,1H3,(H,47,48). The van der Waals surface area contributed by atoms with Crippen molar-refractivity contribution in [2.75, 3.05) is 26.2 Å². The van der Waals surface area contributed by atoms with Gasteiger partial charge in [-0.2, -0.15) is 26.3 Å². The van der Waals surface area contributed by atoms with Crippen molar-refractivity contribution in [2.45, 2.75) is 101 Å². The first kappa shape index (κ1) is 41.2. The van der Waals surface area contributed by atoms with Crippen molar-refractivity contribution in [3.8, 4) is 11.5 Å².